The van der Waals surface area contributed by atoms with Crippen molar-refractivity contribution in [2.75, 3.05) is 5.32 Å². The summed E-state index contributed by atoms with van der Waals surface area (Å²) in [5, 5.41) is 4.03. The lowest BCUT2D eigenvalue weighted by Crippen LogP contribution is -2.31. The van der Waals surface area contributed by atoms with Gasteiger partial charge in [-0.1, -0.05) is 37.9 Å². The van der Waals surface area contributed by atoms with E-state index in [1.807, 2.05) is 12.1 Å². The average molecular weight is 225 g/mol. The second kappa shape index (κ2) is 4.01. The highest BCUT2D eigenvalue weighted by atomic mass is 35.5. The molecule has 0 radical (unpaired) electrons. The number of anilines is 1. The maximum atomic E-state index is 5.85. The van der Waals surface area contributed by atoms with Crippen molar-refractivity contribution in [3.05, 3.63) is 23.4 Å². The Labute approximate surface area is 96.1 Å². The molecule has 1 N–H and O–H groups in total. The third kappa shape index (κ3) is 2.43. The molecule has 2 nitrogen and oxygen atoms in total. The molecule has 1 fully saturated rings. The Bertz CT molecular complexity index is 349. The smallest absolute Gasteiger partial charge is 0.131 e. The monoisotopic (exact) mass is 224 g/mol. The first kappa shape index (κ1) is 10.7. The lowest BCUT2D eigenvalue weighted by atomic mass is 9.87. The molecule has 1 saturated carbocycles. The fraction of sp³-hybridized carbons (Fsp3) is 0.583. The van der Waals surface area contributed by atoms with Crippen molar-refractivity contribution in [2.45, 2.75) is 39.2 Å². The zero-order valence-electron chi connectivity index (χ0n) is 9.26. The van der Waals surface area contributed by atoms with Gasteiger partial charge in [-0.3, -0.25) is 0 Å². The molecular formula is C12H17ClN2. The molecular weight excluding hydrogens is 208 g/mol. The minimum absolute atomic E-state index is 0.365. The van der Waals surface area contributed by atoms with Crippen LogP contribution in [0.1, 0.15) is 33.1 Å². The molecule has 1 aromatic heterocycles. The van der Waals surface area contributed by atoms with Gasteiger partial charge in [0.05, 0.1) is 0 Å². The Hall–Kier alpha value is -0.760. The van der Waals surface area contributed by atoms with Gasteiger partial charge in [0.15, 0.2) is 0 Å². The molecule has 0 aliphatic heterocycles. The Morgan fingerprint density at radius 1 is 1.47 bits per heavy atom. The van der Waals surface area contributed by atoms with E-state index in [4.69, 9.17) is 11.6 Å². The van der Waals surface area contributed by atoms with E-state index in [1.165, 1.54) is 19.3 Å². The lowest BCUT2D eigenvalue weighted by molar-refractivity contribution is 0.349. The van der Waals surface area contributed by atoms with Crippen LogP contribution in [-0.2, 0) is 0 Å². The van der Waals surface area contributed by atoms with Crippen molar-refractivity contribution >= 4 is 17.4 Å². The van der Waals surface area contributed by atoms with Crippen molar-refractivity contribution in [3.8, 4) is 0 Å². The first-order valence-electron chi connectivity index (χ1n) is 5.47. The molecule has 1 aliphatic rings. The van der Waals surface area contributed by atoms with Crippen LogP contribution in [0, 0.1) is 5.41 Å². The van der Waals surface area contributed by atoms with E-state index in [-0.39, 0.29) is 0 Å². The molecule has 1 aromatic rings. The molecule has 0 aromatic carbocycles. The standard InChI is InChI=1S/C12H17ClN2/c1-12(2)8-4-5-9(12)14-11-7-3-6-10(13)15-11/h3,6-7,9H,4-5,8H2,1-2H3,(H,14,15). The van der Waals surface area contributed by atoms with Crippen molar-refractivity contribution in [1.29, 1.82) is 0 Å². The van der Waals surface area contributed by atoms with Crippen LogP contribution >= 0.6 is 11.6 Å². The average Bonchev–Trinajstić information content (AvgIpc) is 2.46. The predicted molar refractivity (Wildman–Crippen MR) is 64.3 cm³/mol. The number of nitrogens with zero attached hydrogens (tertiary/aromatic N) is 1. The molecule has 1 heterocycles. The van der Waals surface area contributed by atoms with Crippen LogP contribution in [0.5, 0.6) is 0 Å². The zero-order valence-corrected chi connectivity index (χ0v) is 10.0. The minimum Gasteiger partial charge on any atom is -0.367 e. The highest BCUT2D eigenvalue weighted by molar-refractivity contribution is 6.29. The molecule has 82 valence electrons. The lowest BCUT2D eigenvalue weighted by Gasteiger charge is -2.28. The summed E-state index contributed by atoms with van der Waals surface area (Å²) in [4.78, 5) is 4.26. The molecule has 3 heteroatoms. The largest absolute Gasteiger partial charge is 0.367 e. The van der Waals surface area contributed by atoms with Crippen LogP contribution in [0.25, 0.3) is 0 Å². The van der Waals surface area contributed by atoms with Crippen molar-refractivity contribution in [2.24, 2.45) is 5.41 Å². The van der Waals surface area contributed by atoms with E-state index in [9.17, 15) is 0 Å². The fourth-order valence-electron chi connectivity index (χ4n) is 2.26. The third-order valence-electron chi connectivity index (χ3n) is 3.29. The first-order valence-corrected chi connectivity index (χ1v) is 5.85. The first-order chi connectivity index (χ1) is 7.08. The minimum atomic E-state index is 0.365. The van der Waals surface area contributed by atoms with Gasteiger partial charge in [-0.05, 0) is 30.4 Å². The molecule has 2 rings (SSSR count). The van der Waals surface area contributed by atoms with Crippen LogP contribution in [-0.4, -0.2) is 11.0 Å². The predicted octanol–water partition coefficient (Wildman–Crippen LogP) is 3.73. The van der Waals surface area contributed by atoms with Gasteiger partial charge in [-0.2, -0.15) is 0 Å². The molecule has 0 bridgehead atoms. The van der Waals surface area contributed by atoms with Crippen molar-refractivity contribution < 1.29 is 0 Å². The summed E-state index contributed by atoms with van der Waals surface area (Å²) in [7, 11) is 0. The number of hydrogen-bond acceptors (Lipinski definition) is 2. The molecule has 0 spiro atoms. The van der Waals surface area contributed by atoms with Crippen LogP contribution in [0.4, 0.5) is 5.82 Å². The second-order valence-electron chi connectivity index (χ2n) is 4.92. The molecule has 0 saturated heterocycles. The SMILES string of the molecule is CC1(C)CCCC1Nc1cccc(Cl)n1. The Morgan fingerprint density at radius 2 is 2.27 bits per heavy atom. The number of hydrogen-bond donors (Lipinski definition) is 1. The van der Waals surface area contributed by atoms with E-state index in [0.717, 1.165) is 5.82 Å². The number of pyridine rings is 1. The maximum absolute atomic E-state index is 5.85. The quantitative estimate of drug-likeness (QED) is 0.775. The molecule has 1 atom stereocenters. The van der Waals surface area contributed by atoms with Gasteiger partial charge in [-0.15, -0.1) is 0 Å². The Balaban J connectivity index is 2.09. The summed E-state index contributed by atoms with van der Waals surface area (Å²) < 4.78 is 0. The van der Waals surface area contributed by atoms with Crippen LogP contribution in [0.3, 0.4) is 0 Å². The van der Waals surface area contributed by atoms with E-state index < -0.39 is 0 Å². The maximum Gasteiger partial charge on any atom is 0.131 e. The van der Waals surface area contributed by atoms with Gasteiger partial charge in [0.2, 0.25) is 0 Å². The normalized spacial score (nSPS) is 24.1. The van der Waals surface area contributed by atoms with Gasteiger partial charge in [0.1, 0.15) is 11.0 Å². The van der Waals surface area contributed by atoms with Gasteiger partial charge in [0.25, 0.3) is 0 Å². The van der Waals surface area contributed by atoms with E-state index in [0.29, 0.717) is 16.6 Å². The summed E-state index contributed by atoms with van der Waals surface area (Å²) in [6.07, 6.45) is 3.80. The Kier molecular flexibility index (Phi) is 2.87. The summed E-state index contributed by atoms with van der Waals surface area (Å²) in [6.45, 7) is 4.62. The molecule has 1 unspecified atom stereocenters. The molecule has 0 amide bonds. The van der Waals surface area contributed by atoms with Gasteiger partial charge in [0, 0.05) is 6.04 Å². The van der Waals surface area contributed by atoms with E-state index in [1.54, 1.807) is 6.07 Å². The second-order valence-corrected chi connectivity index (χ2v) is 5.31. The van der Waals surface area contributed by atoms with Crippen LogP contribution < -0.4 is 5.32 Å². The summed E-state index contributed by atoms with van der Waals surface area (Å²) in [6, 6.07) is 6.22. The fourth-order valence-corrected chi connectivity index (χ4v) is 2.43. The Morgan fingerprint density at radius 3 is 2.87 bits per heavy atom. The molecule has 1 aliphatic carbocycles. The van der Waals surface area contributed by atoms with E-state index in [2.05, 4.69) is 24.1 Å². The van der Waals surface area contributed by atoms with Gasteiger partial charge < -0.3 is 5.32 Å². The number of rotatable bonds is 2. The number of aromatic nitrogens is 1. The van der Waals surface area contributed by atoms with Gasteiger partial charge in [-0.25, -0.2) is 4.98 Å². The summed E-state index contributed by atoms with van der Waals surface area (Å²) in [5.41, 5.74) is 0.365. The van der Waals surface area contributed by atoms with Crippen LogP contribution in [0.2, 0.25) is 5.15 Å². The van der Waals surface area contributed by atoms with Crippen LogP contribution in [0.15, 0.2) is 18.2 Å². The summed E-state index contributed by atoms with van der Waals surface area (Å²) in [5.74, 6) is 0.891. The highest BCUT2D eigenvalue weighted by Gasteiger charge is 2.34. The number of nitrogens with one attached hydrogen (secondary N) is 1. The topological polar surface area (TPSA) is 24.9 Å². The third-order valence-corrected chi connectivity index (χ3v) is 3.50. The number of halogens is 1. The van der Waals surface area contributed by atoms with E-state index >= 15 is 0 Å². The van der Waals surface area contributed by atoms with Crippen molar-refractivity contribution in [3.63, 3.8) is 0 Å². The summed E-state index contributed by atoms with van der Waals surface area (Å²) >= 11 is 5.85. The molecule has 15 heavy (non-hydrogen) atoms. The highest BCUT2D eigenvalue weighted by Crippen LogP contribution is 2.38. The zero-order chi connectivity index (χ0) is 10.9. The van der Waals surface area contributed by atoms with Gasteiger partial charge >= 0.3 is 0 Å². The van der Waals surface area contributed by atoms with Crippen molar-refractivity contribution in [1.82, 2.24) is 4.98 Å².